The predicted octanol–water partition coefficient (Wildman–Crippen LogP) is 11.9. The monoisotopic (exact) mass is 641 g/mol. The first-order valence-electron chi connectivity index (χ1n) is 17.0. The number of furan rings is 1. The molecule has 0 N–H and O–H groups in total. The third-order valence-corrected chi connectivity index (χ3v) is 10.3. The van der Waals surface area contributed by atoms with Crippen LogP contribution in [0.25, 0.3) is 89.1 Å². The fraction of sp³-hybridized carbons (Fsp3) is 0.0652. The van der Waals surface area contributed by atoms with Gasteiger partial charge in [0.25, 0.3) is 0 Å². The average Bonchev–Trinajstić information content (AvgIpc) is 3.67. The highest BCUT2D eigenvalue weighted by Gasteiger charge is 2.40. The van der Waals surface area contributed by atoms with Crippen LogP contribution in [0.2, 0.25) is 0 Å². The number of aromatic nitrogens is 3. The lowest BCUT2D eigenvalue weighted by Gasteiger charge is -2.24. The summed E-state index contributed by atoms with van der Waals surface area (Å²) >= 11 is 0. The van der Waals surface area contributed by atoms with Crippen LogP contribution in [0.5, 0.6) is 0 Å². The van der Waals surface area contributed by atoms with Gasteiger partial charge in [-0.1, -0.05) is 147 Å². The quantitative estimate of drug-likeness (QED) is 0.192. The van der Waals surface area contributed by atoms with E-state index in [0.717, 1.165) is 83.6 Å². The molecule has 0 radical (unpaired) electrons. The molecule has 0 amide bonds. The van der Waals surface area contributed by atoms with E-state index < -0.39 is 0 Å². The van der Waals surface area contributed by atoms with Gasteiger partial charge in [-0.2, -0.15) is 0 Å². The van der Waals surface area contributed by atoms with Gasteiger partial charge < -0.3 is 4.42 Å². The molecular weight excluding hydrogens is 611 g/mol. The lowest BCUT2D eigenvalue weighted by Crippen LogP contribution is -2.17. The van der Waals surface area contributed by atoms with Gasteiger partial charge in [0.1, 0.15) is 11.1 Å². The van der Waals surface area contributed by atoms with Gasteiger partial charge >= 0.3 is 0 Å². The van der Waals surface area contributed by atoms with E-state index in [-0.39, 0.29) is 5.41 Å². The Balaban J connectivity index is 1.05. The average molecular weight is 642 g/mol. The Bertz CT molecular complexity index is 2760. The van der Waals surface area contributed by atoms with Gasteiger partial charge in [0.05, 0.1) is 16.9 Å². The highest BCUT2D eigenvalue weighted by molar-refractivity contribution is 6.11. The maximum Gasteiger partial charge on any atom is 0.162 e. The SMILES string of the molecule is CC1(C)c2ccccc2-c2c1c(-c1ccc(-c3ccc(-c4nc(-c5ccccc5)c5ccccc5n4)cc3)cc1)nc1c2oc2ccccc21. The minimum Gasteiger partial charge on any atom is -0.454 e. The van der Waals surface area contributed by atoms with Crippen molar-refractivity contribution in [3.63, 3.8) is 0 Å². The van der Waals surface area contributed by atoms with Crippen molar-refractivity contribution in [2.75, 3.05) is 0 Å². The summed E-state index contributed by atoms with van der Waals surface area (Å²) in [6, 6.07) is 52.8. The van der Waals surface area contributed by atoms with Crippen molar-refractivity contribution in [3.05, 3.63) is 163 Å². The molecular formula is C46H31N3O. The van der Waals surface area contributed by atoms with Crippen molar-refractivity contribution in [3.8, 4) is 56.2 Å². The van der Waals surface area contributed by atoms with Crippen LogP contribution in [-0.4, -0.2) is 15.0 Å². The summed E-state index contributed by atoms with van der Waals surface area (Å²) in [5.41, 5.74) is 15.6. The van der Waals surface area contributed by atoms with Crippen molar-refractivity contribution >= 4 is 33.0 Å². The van der Waals surface area contributed by atoms with Crippen LogP contribution in [0.4, 0.5) is 0 Å². The molecule has 9 aromatic rings. The number of fused-ring (bicyclic) bond motifs is 8. The first-order valence-corrected chi connectivity index (χ1v) is 17.0. The van der Waals surface area contributed by atoms with E-state index in [9.17, 15) is 0 Å². The van der Waals surface area contributed by atoms with E-state index in [2.05, 4.69) is 123 Å². The third-order valence-electron chi connectivity index (χ3n) is 10.3. The molecule has 0 atom stereocenters. The van der Waals surface area contributed by atoms with E-state index in [1.807, 2.05) is 42.5 Å². The van der Waals surface area contributed by atoms with E-state index in [4.69, 9.17) is 19.4 Å². The van der Waals surface area contributed by atoms with Gasteiger partial charge in [-0.3, -0.25) is 0 Å². The molecule has 3 aromatic heterocycles. The Morgan fingerprint density at radius 1 is 0.480 bits per heavy atom. The maximum absolute atomic E-state index is 6.53. The Hall–Kier alpha value is -6.39. The molecule has 10 rings (SSSR count). The Labute approximate surface area is 289 Å². The summed E-state index contributed by atoms with van der Waals surface area (Å²) in [7, 11) is 0. The fourth-order valence-electron chi connectivity index (χ4n) is 7.82. The number of para-hydroxylation sites is 2. The molecule has 0 aliphatic heterocycles. The molecule has 4 nitrogen and oxygen atoms in total. The van der Waals surface area contributed by atoms with Crippen LogP contribution in [0, 0.1) is 0 Å². The van der Waals surface area contributed by atoms with Crippen molar-refractivity contribution in [1.29, 1.82) is 0 Å². The second-order valence-electron chi connectivity index (χ2n) is 13.6. The number of benzene rings is 6. The number of rotatable bonds is 4. The standard InChI is InChI=1S/C46H31N3O/c1-46(2)36-17-9-6-14-33(36)39-40(46)42(48-43-35-16-8-11-19-38(35)50-44(39)43)31-24-20-28(21-25-31)29-22-26-32(27-23-29)45-47-37-18-10-7-15-34(37)41(49-45)30-12-4-3-5-13-30/h3-27H,1-2H3. The van der Waals surface area contributed by atoms with Crippen LogP contribution >= 0.6 is 0 Å². The summed E-state index contributed by atoms with van der Waals surface area (Å²) in [5, 5.41) is 2.09. The molecule has 0 fully saturated rings. The summed E-state index contributed by atoms with van der Waals surface area (Å²) in [5.74, 6) is 0.718. The molecule has 50 heavy (non-hydrogen) atoms. The van der Waals surface area contributed by atoms with Gasteiger partial charge in [-0.15, -0.1) is 0 Å². The largest absolute Gasteiger partial charge is 0.454 e. The summed E-state index contributed by atoms with van der Waals surface area (Å²) < 4.78 is 6.53. The molecule has 0 unspecified atom stereocenters. The van der Waals surface area contributed by atoms with Gasteiger partial charge in [-0.05, 0) is 40.5 Å². The van der Waals surface area contributed by atoms with Crippen LogP contribution in [0.3, 0.4) is 0 Å². The summed E-state index contributed by atoms with van der Waals surface area (Å²) in [4.78, 5) is 15.4. The van der Waals surface area contributed by atoms with Crippen molar-refractivity contribution in [1.82, 2.24) is 15.0 Å². The molecule has 0 saturated heterocycles. The van der Waals surface area contributed by atoms with Gasteiger partial charge in [0.2, 0.25) is 0 Å². The second-order valence-corrected chi connectivity index (χ2v) is 13.6. The molecule has 1 aliphatic carbocycles. The molecule has 4 heteroatoms. The van der Waals surface area contributed by atoms with E-state index in [1.54, 1.807) is 0 Å². The van der Waals surface area contributed by atoms with Crippen LogP contribution in [-0.2, 0) is 5.41 Å². The number of hydrogen-bond donors (Lipinski definition) is 0. The highest BCUT2D eigenvalue weighted by Crippen LogP contribution is 2.55. The van der Waals surface area contributed by atoms with Crippen LogP contribution in [0.1, 0.15) is 25.0 Å². The normalized spacial score (nSPS) is 13.2. The summed E-state index contributed by atoms with van der Waals surface area (Å²) in [6.07, 6.45) is 0. The molecule has 6 aromatic carbocycles. The van der Waals surface area contributed by atoms with E-state index in [0.29, 0.717) is 0 Å². The zero-order valence-electron chi connectivity index (χ0n) is 27.7. The fourth-order valence-corrected chi connectivity index (χ4v) is 7.82. The molecule has 0 spiro atoms. The predicted molar refractivity (Wildman–Crippen MR) is 204 cm³/mol. The maximum atomic E-state index is 6.53. The van der Waals surface area contributed by atoms with Gasteiger partial charge in [-0.25, -0.2) is 15.0 Å². The van der Waals surface area contributed by atoms with Crippen molar-refractivity contribution in [2.24, 2.45) is 0 Å². The van der Waals surface area contributed by atoms with E-state index >= 15 is 0 Å². The second kappa shape index (κ2) is 10.8. The molecule has 236 valence electrons. The first-order chi connectivity index (χ1) is 24.5. The lowest BCUT2D eigenvalue weighted by atomic mass is 9.80. The zero-order chi connectivity index (χ0) is 33.4. The molecule has 1 aliphatic rings. The third kappa shape index (κ3) is 4.28. The molecule has 3 heterocycles. The number of pyridine rings is 1. The number of hydrogen-bond acceptors (Lipinski definition) is 4. The van der Waals surface area contributed by atoms with Crippen LogP contribution in [0.15, 0.2) is 156 Å². The topological polar surface area (TPSA) is 51.8 Å². The summed E-state index contributed by atoms with van der Waals surface area (Å²) in [6.45, 7) is 4.60. The smallest absolute Gasteiger partial charge is 0.162 e. The zero-order valence-corrected chi connectivity index (χ0v) is 27.7. The Morgan fingerprint density at radius 2 is 1.08 bits per heavy atom. The highest BCUT2D eigenvalue weighted by atomic mass is 16.3. The van der Waals surface area contributed by atoms with Crippen molar-refractivity contribution < 1.29 is 4.42 Å². The Kier molecular flexibility index (Phi) is 6.19. The minimum absolute atomic E-state index is 0.235. The first kappa shape index (κ1) is 28.6. The number of nitrogens with zero attached hydrogens (tertiary/aromatic N) is 3. The molecule has 0 bridgehead atoms. The molecule has 0 saturated carbocycles. The minimum atomic E-state index is -0.235. The van der Waals surface area contributed by atoms with Crippen LogP contribution < -0.4 is 0 Å². The van der Waals surface area contributed by atoms with Crippen molar-refractivity contribution in [2.45, 2.75) is 19.3 Å². The van der Waals surface area contributed by atoms with Gasteiger partial charge in [0.15, 0.2) is 11.4 Å². The van der Waals surface area contributed by atoms with E-state index in [1.165, 1.54) is 16.7 Å². The Morgan fingerprint density at radius 3 is 1.86 bits per heavy atom. The van der Waals surface area contributed by atoms with Gasteiger partial charge in [0, 0.05) is 44.0 Å². The lowest BCUT2D eigenvalue weighted by molar-refractivity contribution is 0.651.